The fourth-order valence-corrected chi connectivity index (χ4v) is 2.07. The monoisotopic (exact) mass is 331 g/mol. The number of hydrogen-bond donors (Lipinski definition) is 0. The molecule has 0 aliphatic heterocycles. The van der Waals surface area contributed by atoms with Gasteiger partial charge in [0.15, 0.2) is 23.1 Å². The number of carbonyl (C=O) groups excluding carboxylic acids is 1. The van der Waals surface area contributed by atoms with Crippen molar-refractivity contribution in [3.63, 3.8) is 0 Å². The molecule has 24 heavy (non-hydrogen) atoms. The number of aliphatic imine (C=N–C) groups is 1. The molecule has 0 bridgehead atoms. The van der Waals surface area contributed by atoms with E-state index in [4.69, 9.17) is 9.47 Å². The Hall–Kier alpha value is -2.76. The Morgan fingerprint density at radius 2 is 1.92 bits per heavy atom. The predicted molar refractivity (Wildman–Crippen MR) is 85.0 cm³/mol. The van der Waals surface area contributed by atoms with Gasteiger partial charge < -0.3 is 9.47 Å². The summed E-state index contributed by atoms with van der Waals surface area (Å²) < 4.78 is 36.6. The van der Waals surface area contributed by atoms with Crippen LogP contribution in [0.3, 0.4) is 0 Å². The van der Waals surface area contributed by atoms with Crippen molar-refractivity contribution < 1.29 is 23.0 Å². The molecule has 1 fully saturated rings. The first-order valence-electron chi connectivity index (χ1n) is 7.45. The lowest BCUT2D eigenvalue weighted by atomic mass is 10.2. The topological polar surface area (TPSA) is 47.9 Å². The molecule has 0 N–H and O–H groups in total. The van der Waals surface area contributed by atoms with E-state index in [1.54, 1.807) is 18.2 Å². The summed E-state index contributed by atoms with van der Waals surface area (Å²) in [6.45, 7) is 0. The van der Waals surface area contributed by atoms with Crippen molar-refractivity contribution in [1.82, 2.24) is 0 Å². The first-order valence-corrected chi connectivity index (χ1v) is 7.45. The van der Waals surface area contributed by atoms with Gasteiger partial charge in [-0.05, 0) is 48.7 Å². The van der Waals surface area contributed by atoms with Crippen LogP contribution >= 0.6 is 0 Å². The summed E-state index contributed by atoms with van der Waals surface area (Å²) in [7, 11) is 1.47. The number of ether oxygens (including phenoxy) is 2. The van der Waals surface area contributed by atoms with Crippen LogP contribution in [-0.4, -0.2) is 19.3 Å². The molecule has 4 nitrogen and oxygen atoms in total. The maximum Gasteiger partial charge on any atom is 0.314 e. The Kier molecular flexibility index (Phi) is 4.55. The number of methoxy groups -OCH3 is 1. The number of benzene rings is 2. The van der Waals surface area contributed by atoms with Crippen LogP contribution < -0.4 is 9.47 Å². The molecule has 0 heterocycles. The zero-order valence-corrected chi connectivity index (χ0v) is 13.0. The van der Waals surface area contributed by atoms with Gasteiger partial charge in [-0.1, -0.05) is 0 Å². The second-order valence-corrected chi connectivity index (χ2v) is 5.46. The average molecular weight is 331 g/mol. The molecule has 0 spiro atoms. The van der Waals surface area contributed by atoms with Gasteiger partial charge in [0.25, 0.3) is 0 Å². The van der Waals surface area contributed by atoms with Gasteiger partial charge in [0.1, 0.15) is 0 Å². The Bertz CT molecular complexity index is 801. The molecular formula is C18H15F2NO3. The van der Waals surface area contributed by atoms with Crippen LogP contribution in [0.2, 0.25) is 0 Å². The highest BCUT2D eigenvalue weighted by molar-refractivity contribution is 5.84. The van der Waals surface area contributed by atoms with Gasteiger partial charge in [-0.15, -0.1) is 0 Å². The molecule has 2 aromatic carbocycles. The minimum absolute atomic E-state index is 0.00989. The standard InChI is InChI=1S/C18H15F2NO3/c1-23-17-8-11(2-7-16(17)24-18(22)12-3-4-12)10-21-13-5-6-14(19)15(20)9-13/h2,5-10,12H,3-4H2,1H3. The molecule has 6 heteroatoms. The SMILES string of the molecule is COc1cc(C=Nc2ccc(F)c(F)c2)ccc1OC(=O)C1CC1. The largest absolute Gasteiger partial charge is 0.493 e. The second kappa shape index (κ2) is 6.78. The molecule has 0 unspecified atom stereocenters. The third-order valence-electron chi connectivity index (χ3n) is 3.57. The van der Waals surface area contributed by atoms with Gasteiger partial charge in [-0.25, -0.2) is 8.78 Å². The van der Waals surface area contributed by atoms with Crippen molar-refractivity contribution in [2.75, 3.05) is 7.11 Å². The number of nitrogens with zero attached hydrogens (tertiary/aromatic N) is 1. The van der Waals surface area contributed by atoms with Gasteiger partial charge >= 0.3 is 5.97 Å². The van der Waals surface area contributed by atoms with E-state index in [0.717, 1.165) is 25.0 Å². The van der Waals surface area contributed by atoms with Crippen molar-refractivity contribution in [3.05, 3.63) is 53.6 Å². The molecule has 0 radical (unpaired) electrons. The van der Waals surface area contributed by atoms with E-state index in [9.17, 15) is 13.6 Å². The van der Waals surface area contributed by atoms with Gasteiger partial charge in [-0.2, -0.15) is 0 Å². The van der Waals surface area contributed by atoms with Crippen LogP contribution in [0.5, 0.6) is 11.5 Å². The summed E-state index contributed by atoms with van der Waals surface area (Å²) in [6, 6.07) is 8.36. The summed E-state index contributed by atoms with van der Waals surface area (Å²) in [5, 5.41) is 0. The average Bonchev–Trinajstić information content (AvgIpc) is 3.42. The highest BCUT2D eigenvalue weighted by atomic mass is 19.2. The molecule has 1 saturated carbocycles. The summed E-state index contributed by atoms with van der Waals surface area (Å²) in [5.41, 5.74) is 0.958. The maximum absolute atomic E-state index is 13.2. The van der Waals surface area contributed by atoms with E-state index in [1.807, 2.05) is 0 Å². The molecule has 0 atom stereocenters. The molecule has 1 aliphatic carbocycles. The molecule has 3 rings (SSSR count). The zero-order chi connectivity index (χ0) is 17.1. The van der Waals surface area contributed by atoms with E-state index in [0.29, 0.717) is 17.1 Å². The third-order valence-corrected chi connectivity index (χ3v) is 3.57. The minimum atomic E-state index is -0.954. The molecular weight excluding hydrogens is 316 g/mol. The van der Waals surface area contributed by atoms with Crippen molar-refractivity contribution in [2.45, 2.75) is 12.8 Å². The van der Waals surface area contributed by atoms with Gasteiger partial charge in [0.2, 0.25) is 0 Å². The smallest absolute Gasteiger partial charge is 0.314 e. The summed E-state index contributed by atoms with van der Waals surface area (Å²) in [4.78, 5) is 15.8. The van der Waals surface area contributed by atoms with Gasteiger partial charge in [-0.3, -0.25) is 9.79 Å². The van der Waals surface area contributed by atoms with Gasteiger partial charge in [0, 0.05) is 12.3 Å². The Morgan fingerprint density at radius 3 is 2.58 bits per heavy atom. The number of carbonyl (C=O) groups is 1. The Labute approximate surface area is 137 Å². The lowest BCUT2D eigenvalue weighted by Crippen LogP contribution is -2.10. The van der Waals surface area contributed by atoms with Crippen molar-refractivity contribution in [1.29, 1.82) is 0 Å². The minimum Gasteiger partial charge on any atom is -0.493 e. The quantitative estimate of drug-likeness (QED) is 0.472. The fraction of sp³-hybridized carbons (Fsp3) is 0.222. The molecule has 1 aliphatic rings. The van der Waals surface area contributed by atoms with E-state index < -0.39 is 11.6 Å². The molecule has 2 aromatic rings. The van der Waals surface area contributed by atoms with Crippen molar-refractivity contribution in [2.24, 2.45) is 10.9 Å². The lowest BCUT2D eigenvalue weighted by Gasteiger charge is -2.09. The summed E-state index contributed by atoms with van der Waals surface area (Å²) in [5.74, 6) is -1.39. The van der Waals surface area contributed by atoms with Crippen LogP contribution in [0.1, 0.15) is 18.4 Å². The van der Waals surface area contributed by atoms with E-state index >= 15 is 0 Å². The van der Waals surface area contributed by atoms with Crippen LogP contribution in [0, 0.1) is 17.6 Å². The maximum atomic E-state index is 13.2. The number of esters is 1. The number of hydrogen-bond acceptors (Lipinski definition) is 4. The van der Waals surface area contributed by atoms with Gasteiger partial charge in [0.05, 0.1) is 18.7 Å². The second-order valence-electron chi connectivity index (χ2n) is 5.46. The summed E-state index contributed by atoms with van der Waals surface area (Å²) >= 11 is 0. The normalized spacial score (nSPS) is 14.0. The third kappa shape index (κ3) is 3.76. The Balaban J connectivity index is 1.77. The van der Waals surface area contributed by atoms with Crippen LogP contribution in [0.4, 0.5) is 14.5 Å². The summed E-state index contributed by atoms with van der Waals surface area (Å²) in [6.07, 6.45) is 3.21. The molecule has 124 valence electrons. The highest BCUT2D eigenvalue weighted by Gasteiger charge is 2.32. The fourth-order valence-electron chi connectivity index (χ4n) is 2.07. The van der Waals surface area contributed by atoms with E-state index in [2.05, 4.69) is 4.99 Å². The number of rotatable bonds is 5. The van der Waals surface area contributed by atoms with Crippen molar-refractivity contribution >= 4 is 17.9 Å². The van der Waals surface area contributed by atoms with Crippen LogP contribution in [0.25, 0.3) is 0 Å². The van der Waals surface area contributed by atoms with E-state index in [-0.39, 0.29) is 17.6 Å². The highest BCUT2D eigenvalue weighted by Crippen LogP contribution is 2.34. The van der Waals surface area contributed by atoms with Crippen molar-refractivity contribution in [3.8, 4) is 11.5 Å². The first kappa shape index (κ1) is 16.1. The predicted octanol–water partition coefficient (Wildman–Crippen LogP) is 4.04. The molecule has 0 aromatic heterocycles. The lowest BCUT2D eigenvalue weighted by molar-refractivity contribution is -0.135. The van der Waals surface area contributed by atoms with E-state index in [1.165, 1.54) is 19.4 Å². The van der Waals surface area contributed by atoms with Crippen LogP contribution in [-0.2, 0) is 4.79 Å². The molecule has 0 amide bonds. The molecule has 0 saturated heterocycles. The zero-order valence-electron chi connectivity index (χ0n) is 13.0. The van der Waals surface area contributed by atoms with Crippen LogP contribution in [0.15, 0.2) is 41.4 Å². The number of halogens is 2. The Morgan fingerprint density at radius 1 is 1.12 bits per heavy atom. The first-order chi connectivity index (χ1) is 11.6.